The van der Waals surface area contributed by atoms with Crippen LogP contribution in [0.5, 0.6) is 5.75 Å². The maximum Gasteiger partial charge on any atom is 0.573 e. The Morgan fingerprint density at radius 1 is 0.957 bits per heavy atom. The number of sulfone groups is 1. The standard InChI is InChI=1S/C15H11F3O4S/c16-15(17,18)22-12-6-8-13(9-7-12)23(20,21)10-14(19)11-4-2-1-3-5-11/h1-9H,10H2. The van der Waals surface area contributed by atoms with Crippen LogP contribution in [0.15, 0.2) is 59.5 Å². The molecule has 8 heteroatoms. The molecule has 0 N–H and O–H groups in total. The number of benzene rings is 2. The first-order chi connectivity index (χ1) is 10.7. The van der Waals surface area contributed by atoms with E-state index in [1.165, 1.54) is 12.1 Å². The minimum atomic E-state index is -4.86. The fourth-order valence-corrected chi connectivity index (χ4v) is 3.04. The van der Waals surface area contributed by atoms with Gasteiger partial charge in [0.15, 0.2) is 15.6 Å². The van der Waals surface area contributed by atoms with Crippen molar-refractivity contribution in [1.82, 2.24) is 0 Å². The maximum absolute atomic E-state index is 12.1. The first-order valence-corrected chi connectivity index (χ1v) is 7.99. The number of halogens is 3. The fourth-order valence-electron chi connectivity index (χ4n) is 1.81. The van der Waals surface area contributed by atoms with Gasteiger partial charge in [-0.25, -0.2) is 8.42 Å². The molecule has 122 valence electrons. The molecule has 2 aromatic carbocycles. The van der Waals surface area contributed by atoms with Crippen molar-refractivity contribution in [1.29, 1.82) is 0 Å². The molecule has 23 heavy (non-hydrogen) atoms. The van der Waals surface area contributed by atoms with E-state index in [1.807, 2.05) is 0 Å². The summed E-state index contributed by atoms with van der Waals surface area (Å²) in [7, 11) is -3.95. The van der Waals surface area contributed by atoms with Crippen molar-refractivity contribution in [3.05, 3.63) is 60.2 Å². The van der Waals surface area contributed by atoms with Gasteiger partial charge in [0, 0.05) is 5.56 Å². The summed E-state index contributed by atoms with van der Waals surface area (Å²) in [6, 6.07) is 11.6. The van der Waals surface area contributed by atoms with E-state index in [4.69, 9.17) is 0 Å². The summed E-state index contributed by atoms with van der Waals surface area (Å²) in [5.74, 6) is -1.90. The van der Waals surface area contributed by atoms with Crippen LogP contribution in [0.4, 0.5) is 13.2 Å². The van der Waals surface area contributed by atoms with Gasteiger partial charge in [-0.15, -0.1) is 13.2 Å². The summed E-state index contributed by atoms with van der Waals surface area (Å²) in [6.45, 7) is 0. The molecule has 0 saturated heterocycles. The predicted molar refractivity (Wildman–Crippen MR) is 76.0 cm³/mol. The molecule has 2 rings (SSSR count). The molecule has 0 aliphatic carbocycles. The zero-order chi connectivity index (χ0) is 17.1. The number of hydrogen-bond donors (Lipinski definition) is 0. The van der Waals surface area contributed by atoms with Crippen LogP contribution >= 0.6 is 0 Å². The Hall–Kier alpha value is -2.35. The number of rotatable bonds is 5. The SMILES string of the molecule is O=C(CS(=O)(=O)c1ccc(OC(F)(F)F)cc1)c1ccccc1. The molecule has 0 aliphatic rings. The molecule has 4 nitrogen and oxygen atoms in total. The first-order valence-electron chi connectivity index (χ1n) is 6.34. The Bertz CT molecular complexity index is 782. The lowest BCUT2D eigenvalue weighted by molar-refractivity contribution is -0.274. The van der Waals surface area contributed by atoms with Crippen LogP contribution in [-0.2, 0) is 9.84 Å². The van der Waals surface area contributed by atoms with Gasteiger partial charge in [-0.2, -0.15) is 0 Å². The van der Waals surface area contributed by atoms with Gasteiger partial charge in [0.1, 0.15) is 11.5 Å². The molecule has 0 amide bonds. The Balaban J connectivity index is 2.15. The summed E-state index contributed by atoms with van der Waals surface area (Å²) < 4.78 is 64.1. The monoisotopic (exact) mass is 344 g/mol. The van der Waals surface area contributed by atoms with Gasteiger partial charge in [-0.3, -0.25) is 4.79 Å². The normalized spacial score (nSPS) is 12.0. The Morgan fingerprint density at radius 2 is 1.52 bits per heavy atom. The van der Waals surface area contributed by atoms with E-state index in [0.717, 1.165) is 24.3 Å². The second kappa shape index (κ2) is 6.41. The highest BCUT2D eigenvalue weighted by Crippen LogP contribution is 2.24. The molecular weight excluding hydrogens is 333 g/mol. The minimum absolute atomic E-state index is 0.244. The quantitative estimate of drug-likeness (QED) is 0.781. The van der Waals surface area contributed by atoms with Crippen molar-refractivity contribution in [2.75, 3.05) is 5.75 Å². The number of carbonyl (C=O) groups is 1. The van der Waals surface area contributed by atoms with Crippen LogP contribution in [0, 0.1) is 0 Å². The van der Waals surface area contributed by atoms with Crippen molar-refractivity contribution < 1.29 is 31.1 Å². The van der Waals surface area contributed by atoms with Gasteiger partial charge in [-0.05, 0) is 24.3 Å². The van der Waals surface area contributed by atoms with Gasteiger partial charge >= 0.3 is 6.36 Å². The number of hydrogen-bond acceptors (Lipinski definition) is 4. The fraction of sp³-hybridized carbons (Fsp3) is 0.133. The van der Waals surface area contributed by atoms with E-state index < -0.39 is 33.5 Å². The summed E-state index contributed by atoms with van der Waals surface area (Å²) in [4.78, 5) is 11.7. The second-order valence-corrected chi connectivity index (χ2v) is 6.56. The highest BCUT2D eigenvalue weighted by Gasteiger charge is 2.31. The summed E-state index contributed by atoms with van der Waals surface area (Å²) in [6.07, 6.45) is -4.86. The lowest BCUT2D eigenvalue weighted by Gasteiger charge is -2.09. The molecule has 0 radical (unpaired) electrons. The zero-order valence-electron chi connectivity index (χ0n) is 11.6. The van der Waals surface area contributed by atoms with E-state index in [-0.39, 0.29) is 10.5 Å². The van der Waals surface area contributed by atoms with Crippen molar-refractivity contribution >= 4 is 15.6 Å². The highest BCUT2D eigenvalue weighted by molar-refractivity contribution is 7.92. The molecule has 0 aromatic heterocycles. The molecule has 0 saturated carbocycles. The van der Waals surface area contributed by atoms with Crippen LogP contribution in [0.2, 0.25) is 0 Å². The summed E-state index contributed by atoms with van der Waals surface area (Å²) in [5.41, 5.74) is 0.244. The van der Waals surface area contributed by atoms with Crippen molar-refractivity contribution in [2.24, 2.45) is 0 Å². The molecule has 0 aliphatic heterocycles. The molecule has 0 fully saturated rings. The van der Waals surface area contributed by atoms with Crippen molar-refractivity contribution in [3.63, 3.8) is 0 Å². The van der Waals surface area contributed by atoms with Crippen molar-refractivity contribution in [3.8, 4) is 5.75 Å². The van der Waals surface area contributed by atoms with Gasteiger partial charge in [-0.1, -0.05) is 30.3 Å². The second-order valence-electron chi connectivity index (χ2n) is 4.57. The van der Waals surface area contributed by atoms with Crippen LogP contribution in [-0.4, -0.2) is 26.3 Å². The molecular formula is C15H11F3O4S. The number of alkyl halides is 3. The van der Waals surface area contributed by atoms with E-state index in [0.29, 0.717) is 0 Å². The summed E-state index contributed by atoms with van der Waals surface area (Å²) in [5, 5.41) is 0. The third-order valence-electron chi connectivity index (χ3n) is 2.83. The highest BCUT2D eigenvalue weighted by atomic mass is 32.2. The summed E-state index contributed by atoms with van der Waals surface area (Å²) >= 11 is 0. The largest absolute Gasteiger partial charge is 0.573 e. The Morgan fingerprint density at radius 3 is 2.04 bits per heavy atom. The molecule has 0 bridgehead atoms. The van der Waals surface area contributed by atoms with E-state index >= 15 is 0 Å². The van der Waals surface area contributed by atoms with Crippen molar-refractivity contribution in [2.45, 2.75) is 11.3 Å². The van der Waals surface area contributed by atoms with E-state index in [2.05, 4.69) is 4.74 Å². The lowest BCUT2D eigenvalue weighted by Crippen LogP contribution is -2.18. The predicted octanol–water partition coefficient (Wildman–Crippen LogP) is 3.24. The minimum Gasteiger partial charge on any atom is -0.406 e. The first kappa shape index (κ1) is 17.0. The zero-order valence-corrected chi connectivity index (χ0v) is 12.4. The molecule has 0 heterocycles. The Kier molecular flexibility index (Phi) is 4.74. The lowest BCUT2D eigenvalue weighted by atomic mass is 10.2. The van der Waals surface area contributed by atoms with E-state index in [1.54, 1.807) is 18.2 Å². The van der Waals surface area contributed by atoms with Crippen LogP contribution < -0.4 is 4.74 Å². The maximum atomic E-state index is 12.1. The third-order valence-corrected chi connectivity index (χ3v) is 4.47. The van der Waals surface area contributed by atoms with Crippen LogP contribution in [0.1, 0.15) is 10.4 Å². The number of Topliss-reactive ketones (excluding diaryl/α,β-unsaturated/α-hetero) is 1. The number of ketones is 1. The van der Waals surface area contributed by atoms with Crippen LogP contribution in [0.3, 0.4) is 0 Å². The molecule has 2 aromatic rings. The van der Waals surface area contributed by atoms with E-state index in [9.17, 15) is 26.4 Å². The van der Waals surface area contributed by atoms with Gasteiger partial charge in [0.05, 0.1) is 4.90 Å². The van der Waals surface area contributed by atoms with Gasteiger partial charge in [0.25, 0.3) is 0 Å². The number of carbonyl (C=O) groups excluding carboxylic acids is 1. The van der Waals surface area contributed by atoms with Gasteiger partial charge in [0.2, 0.25) is 0 Å². The van der Waals surface area contributed by atoms with Crippen LogP contribution in [0.25, 0.3) is 0 Å². The number of ether oxygens (including phenoxy) is 1. The average Bonchev–Trinajstić information content (AvgIpc) is 2.46. The molecule has 0 atom stereocenters. The average molecular weight is 344 g/mol. The molecule has 0 unspecified atom stereocenters. The third kappa shape index (κ3) is 4.82. The topological polar surface area (TPSA) is 60.4 Å². The van der Waals surface area contributed by atoms with Gasteiger partial charge < -0.3 is 4.74 Å². The Labute approximate surface area is 130 Å². The molecule has 0 spiro atoms. The smallest absolute Gasteiger partial charge is 0.406 e.